The number of aryl methyl sites for hydroxylation is 2. The topological polar surface area (TPSA) is 64.9 Å². The molecule has 2 aromatic rings. The molecule has 0 unspecified atom stereocenters. The number of hydrogen-bond acceptors (Lipinski definition) is 5. The maximum Gasteiger partial charge on any atom is 0.268 e. The number of nitrogens with two attached hydrogens (primary N) is 1. The molecule has 0 aromatic carbocycles. The highest BCUT2D eigenvalue weighted by Crippen LogP contribution is 2.32. The maximum atomic E-state index is 5.68. The third-order valence-corrected chi connectivity index (χ3v) is 2.97. The van der Waals surface area contributed by atoms with Gasteiger partial charge in [0.15, 0.2) is 5.82 Å². The molecular formula is C9H11N3OS. The molecule has 2 rings (SSSR count). The average Bonchev–Trinajstić information content (AvgIpc) is 2.71. The van der Waals surface area contributed by atoms with E-state index in [1.54, 1.807) is 0 Å². The first-order chi connectivity index (χ1) is 6.70. The van der Waals surface area contributed by atoms with Crippen molar-refractivity contribution in [3.63, 3.8) is 0 Å². The fraction of sp³-hybridized carbons (Fsp3) is 0.333. The summed E-state index contributed by atoms with van der Waals surface area (Å²) in [4.78, 5) is 5.22. The largest absolute Gasteiger partial charge is 0.391 e. The summed E-state index contributed by atoms with van der Waals surface area (Å²) < 4.78 is 5.13. The number of aromatic nitrogens is 2. The lowest BCUT2D eigenvalue weighted by Gasteiger charge is -1.88. The molecule has 5 heteroatoms. The highest BCUT2D eigenvalue weighted by Gasteiger charge is 2.13. The van der Waals surface area contributed by atoms with Gasteiger partial charge in [0.2, 0.25) is 0 Å². The van der Waals surface area contributed by atoms with Gasteiger partial charge in [0.05, 0.1) is 9.88 Å². The summed E-state index contributed by atoms with van der Waals surface area (Å²) in [7, 11) is 0. The Labute approximate surface area is 85.7 Å². The van der Waals surface area contributed by atoms with Crippen molar-refractivity contribution in [3.05, 3.63) is 17.5 Å². The first-order valence-corrected chi connectivity index (χ1v) is 5.21. The third kappa shape index (κ3) is 1.50. The zero-order valence-electron chi connectivity index (χ0n) is 8.07. The standard InChI is InChI=1S/C9H11N3OS/c1-3-7-11-9(13-12-7)8-5(2)4-6(10)14-8/h4H,3,10H2,1-2H3. The van der Waals surface area contributed by atoms with E-state index in [0.717, 1.165) is 27.7 Å². The van der Waals surface area contributed by atoms with Gasteiger partial charge in [-0.05, 0) is 18.6 Å². The molecular weight excluding hydrogens is 198 g/mol. The molecule has 2 aromatic heterocycles. The first-order valence-electron chi connectivity index (χ1n) is 4.39. The van der Waals surface area contributed by atoms with Crippen LogP contribution in [-0.4, -0.2) is 10.1 Å². The molecule has 0 amide bonds. The molecule has 0 saturated carbocycles. The van der Waals surface area contributed by atoms with Crippen LogP contribution >= 0.6 is 11.3 Å². The van der Waals surface area contributed by atoms with Gasteiger partial charge in [-0.15, -0.1) is 11.3 Å². The van der Waals surface area contributed by atoms with E-state index in [2.05, 4.69) is 10.1 Å². The van der Waals surface area contributed by atoms with E-state index in [1.165, 1.54) is 11.3 Å². The number of nitrogen functional groups attached to an aromatic ring is 1. The van der Waals surface area contributed by atoms with E-state index in [-0.39, 0.29) is 0 Å². The summed E-state index contributed by atoms with van der Waals surface area (Å²) in [5.74, 6) is 1.30. The van der Waals surface area contributed by atoms with Gasteiger partial charge in [0.25, 0.3) is 5.89 Å². The normalized spacial score (nSPS) is 10.7. The molecule has 0 bridgehead atoms. The van der Waals surface area contributed by atoms with Crippen LogP contribution in [0.1, 0.15) is 18.3 Å². The molecule has 0 fully saturated rings. The van der Waals surface area contributed by atoms with Crippen molar-refractivity contribution in [2.24, 2.45) is 0 Å². The second-order valence-corrected chi connectivity index (χ2v) is 4.11. The van der Waals surface area contributed by atoms with E-state index in [4.69, 9.17) is 10.3 Å². The van der Waals surface area contributed by atoms with Crippen LogP contribution in [0.3, 0.4) is 0 Å². The first kappa shape index (κ1) is 9.21. The highest BCUT2D eigenvalue weighted by molar-refractivity contribution is 7.19. The number of rotatable bonds is 2. The van der Waals surface area contributed by atoms with Gasteiger partial charge in [0.1, 0.15) is 0 Å². The third-order valence-electron chi connectivity index (χ3n) is 1.92. The predicted octanol–water partition coefficient (Wildman–Crippen LogP) is 2.25. The highest BCUT2D eigenvalue weighted by atomic mass is 32.1. The van der Waals surface area contributed by atoms with E-state index in [0.29, 0.717) is 5.89 Å². The van der Waals surface area contributed by atoms with Crippen molar-refractivity contribution in [2.75, 3.05) is 5.73 Å². The van der Waals surface area contributed by atoms with Crippen molar-refractivity contribution < 1.29 is 4.52 Å². The van der Waals surface area contributed by atoms with Crippen molar-refractivity contribution in [2.45, 2.75) is 20.3 Å². The second-order valence-electron chi connectivity index (χ2n) is 3.03. The Kier molecular flexibility index (Phi) is 2.25. The number of hydrogen-bond donors (Lipinski definition) is 1. The fourth-order valence-electron chi connectivity index (χ4n) is 1.21. The van der Waals surface area contributed by atoms with Crippen LogP contribution in [0.2, 0.25) is 0 Å². The molecule has 4 nitrogen and oxygen atoms in total. The molecule has 0 atom stereocenters. The Balaban J connectivity index is 2.43. The van der Waals surface area contributed by atoms with E-state index >= 15 is 0 Å². The molecule has 0 saturated heterocycles. The summed E-state index contributed by atoms with van der Waals surface area (Å²) in [6.07, 6.45) is 0.781. The minimum absolute atomic E-state index is 0.570. The summed E-state index contributed by atoms with van der Waals surface area (Å²) in [5.41, 5.74) is 6.77. The van der Waals surface area contributed by atoms with Crippen molar-refractivity contribution >= 4 is 16.3 Å². The average molecular weight is 209 g/mol. The van der Waals surface area contributed by atoms with Crippen LogP contribution < -0.4 is 5.73 Å². The van der Waals surface area contributed by atoms with Gasteiger partial charge in [0, 0.05) is 6.42 Å². The Morgan fingerprint density at radius 2 is 2.36 bits per heavy atom. The monoisotopic (exact) mass is 209 g/mol. The molecule has 2 N–H and O–H groups in total. The fourth-order valence-corrected chi connectivity index (χ4v) is 2.07. The van der Waals surface area contributed by atoms with Gasteiger partial charge < -0.3 is 10.3 Å². The van der Waals surface area contributed by atoms with Crippen molar-refractivity contribution in [1.82, 2.24) is 10.1 Å². The smallest absolute Gasteiger partial charge is 0.268 e. The van der Waals surface area contributed by atoms with Gasteiger partial charge >= 0.3 is 0 Å². The van der Waals surface area contributed by atoms with Crippen LogP contribution in [0.15, 0.2) is 10.6 Å². The SMILES string of the molecule is CCc1noc(-c2sc(N)cc2C)n1. The molecule has 0 radical (unpaired) electrons. The Bertz CT molecular complexity index is 447. The Hall–Kier alpha value is -1.36. The molecule has 0 aliphatic rings. The van der Waals surface area contributed by atoms with E-state index < -0.39 is 0 Å². The second kappa shape index (κ2) is 3.42. The summed E-state index contributed by atoms with van der Waals surface area (Å²) in [5, 5.41) is 4.61. The zero-order chi connectivity index (χ0) is 10.1. The number of nitrogens with zero attached hydrogens (tertiary/aromatic N) is 2. The molecule has 0 aliphatic heterocycles. The van der Waals surface area contributed by atoms with Gasteiger partial charge in [-0.2, -0.15) is 4.98 Å². The number of thiophene rings is 1. The van der Waals surface area contributed by atoms with Gasteiger partial charge in [-0.1, -0.05) is 12.1 Å². The lowest BCUT2D eigenvalue weighted by atomic mass is 10.3. The maximum absolute atomic E-state index is 5.68. The lowest BCUT2D eigenvalue weighted by Crippen LogP contribution is -1.81. The molecule has 0 aliphatic carbocycles. The van der Waals surface area contributed by atoms with Crippen LogP contribution in [0.25, 0.3) is 10.8 Å². The van der Waals surface area contributed by atoms with Crippen molar-refractivity contribution in [3.8, 4) is 10.8 Å². The zero-order valence-corrected chi connectivity index (χ0v) is 8.89. The minimum atomic E-state index is 0.570. The molecule has 74 valence electrons. The van der Waals surface area contributed by atoms with Gasteiger partial charge in [-0.25, -0.2) is 0 Å². The van der Waals surface area contributed by atoms with Gasteiger partial charge in [-0.3, -0.25) is 0 Å². The molecule has 0 spiro atoms. The quantitative estimate of drug-likeness (QED) is 0.823. The van der Waals surface area contributed by atoms with E-state index in [1.807, 2.05) is 19.9 Å². The Morgan fingerprint density at radius 3 is 2.86 bits per heavy atom. The summed E-state index contributed by atoms with van der Waals surface area (Å²) >= 11 is 1.47. The van der Waals surface area contributed by atoms with Crippen LogP contribution in [0, 0.1) is 6.92 Å². The summed E-state index contributed by atoms with van der Waals surface area (Å²) in [6, 6.07) is 1.91. The number of anilines is 1. The van der Waals surface area contributed by atoms with Crippen LogP contribution in [0.5, 0.6) is 0 Å². The molecule has 2 heterocycles. The molecule has 14 heavy (non-hydrogen) atoms. The van der Waals surface area contributed by atoms with Crippen molar-refractivity contribution in [1.29, 1.82) is 0 Å². The Morgan fingerprint density at radius 1 is 1.57 bits per heavy atom. The van der Waals surface area contributed by atoms with Crippen LogP contribution in [-0.2, 0) is 6.42 Å². The lowest BCUT2D eigenvalue weighted by molar-refractivity contribution is 0.424. The summed E-state index contributed by atoms with van der Waals surface area (Å²) in [6.45, 7) is 3.97. The predicted molar refractivity (Wildman–Crippen MR) is 56.1 cm³/mol. The van der Waals surface area contributed by atoms with E-state index in [9.17, 15) is 0 Å². The minimum Gasteiger partial charge on any atom is -0.391 e. The van der Waals surface area contributed by atoms with Crippen LogP contribution in [0.4, 0.5) is 5.00 Å².